The molecule has 14 heavy (non-hydrogen) atoms. The molecule has 0 fully saturated rings. The molecule has 3 heteroatoms. The number of nitrogens with zero attached hydrogens (tertiary/aromatic N) is 2. The van der Waals surface area contributed by atoms with E-state index < -0.39 is 5.60 Å². The molecular formula is C11H16N2O. The van der Waals surface area contributed by atoms with E-state index in [2.05, 4.69) is 18.1 Å². The zero-order valence-electron chi connectivity index (χ0n) is 8.64. The minimum atomic E-state index is -0.840. The molecule has 1 aliphatic carbocycles. The van der Waals surface area contributed by atoms with Crippen LogP contribution in [-0.2, 0) is 12.6 Å². The third kappa shape index (κ3) is 1.60. The van der Waals surface area contributed by atoms with Crippen molar-refractivity contribution in [2.24, 2.45) is 13.0 Å². The highest BCUT2D eigenvalue weighted by Gasteiger charge is 2.31. The predicted molar refractivity (Wildman–Crippen MR) is 54.6 cm³/mol. The Labute approximate surface area is 84.1 Å². The Morgan fingerprint density at radius 3 is 2.93 bits per heavy atom. The molecule has 0 saturated heterocycles. The maximum absolute atomic E-state index is 10.3. The van der Waals surface area contributed by atoms with Crippen molar-refractivity contribution >= 4 is 0 Å². The van der Waals surface area contributed by atoms with Crippen molar-refractivity contribution < 1.29 is 5.11 Å². The summed E-state index contributed by atoms with van der Waals surface area (Å²) in [5.41, 5.74) is -0.0866. The van der Waals surface area contributed by atoms with Crippen molar-refractivity contribution in [2.45, 2.75) is 25.4 Å². The fraction of sp³-hybridized carbons (Fsp3) is 0.545. The van der Waals surface area contributed by atoms with Crippen LogP contribution in [0.25, 0.3) is 0 Å². The Morgan fingerprint density at radius 1 is 1.64 bits per heavy atom. The van der Waals surface area contributed by atoms with E-state index in [-0.39, 0.29) is 0 Å². The largest absolute Gasteiger partial charge is 0.379 e. The lowest BCUT2D eigenvalue weighted by Gasteiger charge is -2.27. The summed E-state index contributed by atoms with van der Waals surface area (Å²) in [6.07, 6.45) is 7.59. The van der Waals surface area contributed by atoms with E-state index in [9.17, 15) is 5.11 Å². The number of aliphatic hydroxyl groups is 1. The van der Waals surface area contributed by atoms with Crippen molar-refractivity contribution in [1.82, 2.24) is 9.78 Å². The van der Waals surface area contributed by atoms with E-state index in [0.717, 1.165) is 18.5 Å². The van der Waals surface area contributed by atoms with Gasteiger partial charge in [0, 0.05) is 13.2 Å². The Morgan fingerprint density at radius 2 is 2.43 bits per heavy atom. The summed E-state index contributed by atoms with van der Waals surface area (Å²) in [5, 5.41) is 14.6. The Bertz CT molecular complexity index is 356. The average molecular weight is 192 g/mol. The van der Waals surface area contributed by atoms with Crippen LogP contribution < -0.4 is 0 Å². The SMILES string of the molecule is CC1C=CC(O)(c2ccn(C)n2)CC1. The summed E-state index contributed by atoms with van der Waals surface area (Å²) < 4.78 is 1.72. The zero-order chi connectivity index (χ0) is 10.2. The summed E-state index contributed by atoms with van der Waals surface area (Å²) in [6, 6.07) is 1.88. The molecule has 2 rings (SSSR count). The van der Waals surface area contributed by atoms with Crippen LogP contribution in [0.15, 0.2) is 24.4 Å². The quantitative estimate of drug-likeness (QED) is 0.686. The van der Waals surface area contributed by atoms with E-state index in [1.165, 1.54) is 0 Å². The summed E-state index contributed by atoms with van der Waals surface area (Å²) in [6.45, 7) is 2.16. The van der Waals surface area contributed by atoms with Gasteiger partial charge in [-0.05, 0) is 24.8 Å². The van der Waals surface area contributed by atoms with Crippen LogP contribution >= 0.6 is 0 Å². The van der Waals surface area contributed by atoms with Crippen molar-refractivity contribution in [3.05, 3.63) is 30.1 Å². The van der Waals surface area contributed by atoms with Crippen LogP contribution in [0.3, 0.4) is 0 Å². The van der Waals surface area contributed by atoms with Gasteiger partial charge in [0.25, 0.3) is 0 Å². The number of rotatable bonds is 1. The zero-order valence-corrected chi connectivity index (χ0v) is 8.64. The van der Waals surface area contributed by atoms with Crippen molar-refractivity contribution in [3.63, 3.8) is 0 Å². The Hall–Kier alpha value is -1.09. The molecule has 0 amide bonds. The summed E-state index contributed by atoms with van der Waals surface area (Å²) >= 11 is 0. The molecule has 0 saturated carbocycles. The van der Waals surface area contributed by atoms with Crippen LogP contribution in [0.5, 0.6) is 0 Å². The van der Waals surface area contributed by atoms with Gasteiger partial charge in [-0.1, -0.05) is 19.1 Å². The third-order valence-corrected chi connectivity index (χ3v) is 2.84. The highest BCUT2D eigenvalue weighted by Crippen LogP contribution is 2.33. The monoisotopic (exact) mass is 192 g/mol. The van der Waals surface area contributed by atoms with Gasteiger partial charge >= 0.3 is 0 Å². The first-order valence-electron chi connectivity index (χ1n) is 5.02. The van der Waals surface area contributed by atoms with Gasteiger partial charge < -0.3 is 5.11 Å². The van der Waals surface area contributed by atoms with Gasteiger partial charge in [0.15, 0.2) is 0 Å². The van der Waals surface area contributed by atoms with Gasteiger partial charge in [-0.15, -0.1) is 0 Å². The number of hydrogen-bond acceptors (Lipinski definition) is 2. The maximum Gasteiger partial charge on any atom is 0.126 e. The standard InChI is InChI=1S/C11H16N2O/c1-9-3-6-11(14,7-4-9)10-5-8-13(2)12-10/h3,5-6,8-9,14H,4,7H2,1-2H3. The van der Waals surface area contributed by atoms with Crippen LogP contribution in [0.2, 0.25) is 0 Å². The molecule has 1 heterocycles. The highest BCUT2D eigenvalue weighted by atomic mass is 16.3. The van der Waals surface area contributed by atoms with Crippen LogP contribution in [0.1, 0.15) is 25.5 Å². The molecule has 1 aromatic rings. The van der Waals surface area contributed by atoms with Crippen molar-refractivity contribution in [2.75, 3.05) is 0 Å². The average Bonchev–Trinajstić information content (AvgIpc) is 2.58. The molecule has 0 spiro atoms. The molecule has 0 bridgehead atoms. The van der Waals surface area contributed by atoms with Gasteiger partial charge in [0.05, 0.1) is 5.69 Å². The van der Waals surface area contributed by atoms with Gasteiger partial charge in [-0.2, -0.15) is 5.10 Å². The van der Waals surface area contributed by atoms with Gasteiger partial charge in [0.2, 0.25) is 0 Å². The van der Waals surface area contributed by atoms with Crippen molar-refractivity contribution in [1.29, 1.82) is 0 Å². The van der Waals surface area contributed by atoms with Crippen molar-refractivity contribution in [3.8, 4) is 0 Å². The van der Waals surface area contributed by atoms with Gasteiger partial charge in [-0.25, -0.2) is 0 Å². The van der Waals surface area contributed by atoms with Gasteiger partial charge in [-0.3, -0.25) is 4.68 Å². The topological polar surface area (TPSA) is 38.0 Å². The first-order valence-corrected chi connectivity index (χ1v) is 5.02. The smallest absolute Gasteiger partial charge is 0.126 e. The molecule has 2 atom stereocenters. The molecule has 1 aromatic heterocycles. The van der Waals surface area contributed by atoms with E-state index in [1.54, 1.807) is 4.68 Å². The number of aryl methyl sites for hydroxylation is 1. The van der Waals surface area contributed by atoms with Gasteiger partial charge in [0.1, 0.15) is 5.60 Å². The van der Waals surface area contributed by atoms with E-state index >= 15 is 0 Å². The normalized spacial score (nSPS) is 32.1. The predicted octanol–water partition coefficient (Wildman–Crippen LogP) is 1.59. The van der Waals surface area contributed by atoms with E-state index in [0.29, 0.717) is 5.92 Å². The molecule has 0 radical (unpaired) electrons. The number of aromatic nitrogens is 2. The fourth-order valence-corrected chi connectivity index (χ4v) is 1.81. The lowest BCUT2D eigenvalue weighted by atomic mass is 9.84. The second kappa shape index (κ2) is 3.24. The summed E-state index contributed by atoms with van der Waals surface area (Å²) in [4.78, 5) is 0. The molecule has 76 valence electrons. The second-order valence-corrected chi connectivity index (χ2v) is 4.17. The molecule has 2 unspecified atom stereocenters. The Kier molecular flexibility index (Phi) is 2.19. The lowest BCUT2D eigenvalue weighted by Crippen LogP contribution is -2.27. The van der Waals surface area contributed by atoms with E-state index in [4.69, 9.17) is 0 Å². The molecule has 1 aliphatic rings. The van der Waals surface area contributed by atoms with Crippen LogP contribution in [0.4, 0.5) is 0 Å². The number of allylic oxidation sites excluding steroid dienone is 1. The molecule has 1 N–H and O–H groups in total. The van der Waals surface area contributed by atoms with Crippen LogP contribution in [-0.4, -0.2) is 14.9 Å². The third-order valence-electron chi connectivity index (χ3n) is 2.84. The first kappa shape index (κ1) is 9.46. The minimum Gasteiger partial charge on any atom is -0.379 e. The molecule has 0 aromatic carbocycles. The summed E-state index contributed by atoms with van der Waals surface area (Å²) in [7, 11) is 1.86. The fourth-order valence-electron chi connectivity index (χ4n) is 1.81. The second-order valence-electron chi connectivity index (χ2n) is 4.17. The Balaban J connectivity index is 2.29. The number of hydrogen-bond donors (Lipinski definition) is 1. The molecule has 3 nitrogen and oxygen atoms in total. The lowest BCUT2D eigenvalue weighted by molar-refractivity contribution is 0.0623. The minimum absolute atomic E-state index is 0.569. The summed E-state index contributed by atoms with van der Waals surface area (Å²) in [5.74, 6) is 0.569. The van der Waals surface area contributed by atoms with Crippen LogP contribution in [0, 0.1) is 5.92 Å². The first-order chi connectivity index (χ1) is 6.60. The van der Waals surface area contributed by atoms with E-state index in [1.807, 2.05) is 25.4 Å². The molecule has 0 aliphatic heterocycles. The highest BCUT2D eigenvalue weighted by molar-refractivity contribution is 5.21. The maximum atomic E-state index is 10.3. The molecular weight excluding hydrogens is 176 g/mol.